The van der Waals surface area contributed by atoms with E-state index in [1.165, 1.54) is 12.1 Å². The van der Waals surface area contributed by atoms with Crippen molar-refractivity contribution in [1.82, 2.24) is 25.2 Å². The van der Waals surface area contributed by atoms with Gasteiger partial charge in [-0.15, -0.1) is 10.2 Å². The van der Waals surface area contributed by atoms with Crippen LogP contribution in [0, 0.1) is 11.6 Å². The first-order valence-corrected chi connectivity index (χ1v) is 8.41. The number of pyridine rings is 1. The Morgan fingerprint density at radius 3 is 2.63 bits per heavy atom. The zero-order valence-corrected chi connectivity index (χ0v) is 15.2. The molecule has 0 spiro atoms. The first kappa shape index (κ1) is 20.7. The summed E-state index contributed by atoms with van der Waals surface area (Å²) in [6.45, 7) is -0.0195. The Bertz CT molecular complexity index is 1110. The number of tetrazole rings is 1. The lowest BCUT2D eigenvalue weighted by atomic mass is 10.2. The number of ether oxygens (including phenoxy) is 1. The lowest BCUT2D eigenvalue weighted by molar-refractivity contribution is -0.137. The number of carbonyl (C=O) groups is 2. The summed E-state index contributed by atoms with van der Waals surface area (Å²) < 4.78 is 33.6. The number of aliphatic carboxylic acids is 1. The van der Waals surface area contributed by atoms with E-state index in [4.69, 9.17) is 21.3 Å². The van der Waals surface area contributed by atoms with Gasteiger partial charge in [0.25, 0.3) is 5.88 Å². The molecule has 1 unspecified atom stereocenters. The van der Waals surface area contributed by atoms with Crippen molar-refractivity contribution in [3.05, 3.63) is 47.7 Å². The van der Waals surface area contributed by atoms with E-state index in [2.05, 4.69) is 20.4 Å². The highest BCUT2D eigenvalue weighted by Crippen LogP contribution is 2.27. The van der Waals surface area contributed by atoms with Gasteiger partial charge in [0.2, 0.25) is 11.7 Å². The molecule has 1 atom stereocenters. The first-order valence-electron chi connectivity index (χ1n) is 8.41. The van der Waals surface area contributed by atoms with Gasteiger partial charge in [0, 0.05) is 18.3 Å². The van der Waals surface area contributed by atoms with Crippen molar-refractivity contribution in [2.75, 3.05) is 0 Å². The number of halogens is 2. The third-order valence-electron chi connectivity index (χ3n) is 3.78. The van der Waals surface area contributed by atoms with Gasteiger partial charge >= 0.3 is 5.97 Å². The second-order valence-corrected chi connectivity index (χ2v) is 6.14. The average molecular weight is 419 g/mol. The Hall–Kier alpha value is -4.00. The summed E-state index contributed by atoms with van der Waals surface area (Å²) in [5.41, 5.74) is 10.5. The Morgan fingerprint density at radius 1 is 1.23 bits per heavy atom. The predicted octanol–water partition coefficient (Wildman–Crippen LogP) is 0.706. The second kappa shape index (κ2) is 8.57. The summed E-state index contributed by atoms with van der Waals surface area (Å²) in [7, 11) is 0. The number of carboxylic acid groups (broad SMARTS) is 1. The fourth-order valence-electron chi connectivity index (χ4n) is 2.41. The van der Waals surface area contributed by atoms with Gasteiger partial charge in [-0.3, -0.25) is 9.59 Å². The normalized spacial score (nSPS) is 11.8. The maximum atomic E-state index is 14.5. The Balaban J connectivity index is 1.74. The van der Waals surface area contributed by atoms with E-state index in [9.17, 15) is 18.4 Å². The van der Waals surface area contributed by atoms with Crippen LogP contribution in [0.1, 0.15) is 16.8 Å². The molecule has 3 aromatic rings. The lowest BCUT2D eigenvalue weighted by Crippen LogP contribution is -2.30. The molecule has 0 saturated carbocycles. The molecular formula is C17H15F2N7O4. The van der Waals surface area contributed by atoms with Crippen molar-refractivity contribution in [3.8, 4) is 23.0 Å². The standard InChI is InChI=1S/C17H15F2N7O4/c18-12-5-10(30-17-13(19)3-8(6-22-17)15(21)29)1-2-11(12)16-23-25-26(24-16)7-9(20)4-14(27)28/h1-3,5-6,9H,4,7,20H2,(H2,21,29)(H,27,28). The Morgan fingerprint density at radius 2 is 2.00 bits per heavy atom. The number of carbonyl (C=O) groups excluding carboxylic acids is 1. The molecule has 2 heterocycles. The molecule has 156 valence electrons. The predicted molar refractivity (Wildman–Crippen MR) is 96.2 cm³/mol. The highest BCUT2D eigenvalue weighted by molar-refractivity contribution is 5.92. The van der Waals surface area contributed by atoms with Crippen LogP contribution in [0.15, 0.2) is 30.5 Å². The van der Waals surface area contributed by atoms with Crippen LogP contribution in [0.4, 0.5) is 8.78 Å². The SMILES string of the molecule is NC(=O)c1cnc(Oc2ccc(-c3nnn(CC(N)CC(=O)O)n3)c(F)c2)c(F)c1. The quantitative estimate of drug-likeness (QED) is 0.475. The molecule has 0 bridgehead atoms. The summed E-state index contributed by atoms with van der Waals surface area (Å²) in [5.74, 6) is -4.24. The smallest absolute Gasteiger partial charge is 0.304 e. The fraction of sp³-hybridized carbons (Fsp3) is 0.176. The molecule has 1 aromatic carbocycles. The molecule has 3 rings (SSSR count). The molecule has 30 heavy (non-hydrogen) atoms. The van der Waals surface area contributed by atoms with Crippen LogP contribution in [0.2, 0.25) is 0 Å². The summed E-state index contributed by atoms with van der Waals surface area (Å²) in [5, 5.41) is 20.1. The van der Waals surface area contributed by atoms with Crippen molar-refractivity contribution >= 4 is 11.9 Å². The van der Waals surface area contributed by atoms with Crippen LogP contribution in [0.5, 0.6) is 11.6 Å². The maximum absolute atomic E-state index is 14.5. The van der Waals surface area contributed by atoms with Gasteiger partial charge in [0.15, 0.2) is 5.82 Å². The number of hydrogen-bond acceptors (Lipinski definition) is 8. The van der Waals surface area contributed by atoms with Crippen LogP contribution in [-0.4, -0.2) is 48.2 Å². The molecule has 11 nitrogen and oxygen atoms in total. The molecule has 0 aliphatic carbocycles. The van der Waals surface area contributed by atoms with E-state index in [0.717, 1.165) is 23.1 Å². The summed E-state index contributed by atoms with van der Waals surface area (Å²) >= 11 is 0. The lowest BCUT2D eigenvalue weighted by Gasteiger charge is -2.08. The van der Waals surface area contributed by atoms with Gasteiger partial charge < -0.3 is 21.3 Å². The third kappa shape index (κ3) is 4.88. The summed E-state index contributed by atoms with van der Waals surface area (Å²) in [6.07, 6.45) is 0.741. The number of aromatic nitrogens is 5. The van der Waals surface area contributed by atoms with Gasteiger partial charge in [0.1, 0.15) is 11.6 Å². The molecule has 5 N–H and O–H groups in total. The number of benzene rings is 1. The molecule has 0 radical (unpaired) electrons. The van der Waals surface area contributed by atoms with Gasteiger partial charge in [0.05, 0.1) is 24.1 Å². The summed E-state index contributed by atoms with van der Waals surface area (Å²) in [4.78, 5) is 26.4. The van der Waals surface area contributed by atoms with E-state index in [1.54, 1.807) is 0 Å². The van der Waals surface area contributed by atoms with Crippen LogP contribution < -0.4 is 16.2 Å². The molecule has 2 aromatic heterocycles. The van der Waals surface area contributed by atoms with Crippen molar-refractivity contribution in [3.63, 3.8) is 0 Å². The van der Waals surface area contributed by atoms with Gasteiger partial charge in [-0.25, -0.2) is 13.8 Å². The van der Waals surface area contributed by atoms with Crippen molar-refractivity contribution in [2.24, 2.45) is 11.5 Å². The van der Waals surface area contributed by atoms with Crippen molar-refractivity contribution in [2.45, 2.75) is 19.0 Å². The third-order valence-corrected chi connectivity index (χ3v) is 3.78. The van der Waals surface area contributed by atoms with Crippen LogP contribution in [0.3, 0.4) is 0 Å². The van der Waals surface area contributed by atoms with E-state index in [-0.39, 0.29) is 35.7 Å². The molecule has 0 fully saturated rings. The maximum Gasteiger partial charge on any atom is 0.304 e. The molecule has 0 aliphatic rings. The topological polar surface area (TPSA) is 172 Å². The minimum absolute atomic E-state index is 0.0158. The second-order valence-electron chi connectivity index (χ2n) is 6.14. The minimum Gasteiger partial charge on any atom is -0.481 e. The van der Waals surface area contributed by atoms with Crippen molar-refractivity contribution < 1.29 is 28.2 Å². The van der Waals surface area contributed by atoms with Gasteiger partial charge in [-0.05, 0) is 23.4 Å². The fourth-order valence-corrected chi connectivity index (χ4v) is 2.41. The van der Waals surface area contributed by atoms with Crippen LogP contribution in [-0.2, 0) is 11.3 Å². The summed E-state index contributed by atoms with van der Waals surface area (Å²) in [6, 6.07) is 3.70. The number of primary amides is 1. The number of hydrogen-bond donors (Lipinski definition) is 3. The average Bonchev–Trinajstić information content (AvgIpc) is 3.10. The molecule has 1 amide bonds. The van der Waals surface area contributed by atoms with Gasteiger partial charge in [-0.1, -0.05) is 0 Å². The molecule has 0 saturated heterocycles. The number of amides is 1. The van der Waals surface area contributed by atoms with E-state index in [1.807, 2.05) is 0 Å². The van der Waals surface area contributed by atoms with E-state index < -0.39 is 35.4 Å². The largest absolute Gasteiger partial charge is 0.481 e. The monoisotopic (exact) mass is 419 g/mol. The number of carboxylic acids is 1. The number of nitrogens with zero attached hydrogens (tertiary/aromatic N) is 5. The van der Waals surface area contributed by atoms with E-state index in [0.29, 0.717) is 0 Å². The zero-order valence-electron chi connectivity index (χ0n) is 15.2. The van der Waals surface area contributed by atoms with Gasteiger partial charge in [-0.2, -0.15) is 4.80 Å². The Kier molecular flexibility index (Phi) is 5.92. The minimum atomic E-state index is -1.07. The number of nitrogens with two attached hydrogens (primary N) is 2. The van der Waals surface area contributed by atoms with Crippen LogP contribution in [0.25, 0.3) is 11.4 Å². The first-order chi connectivity index (χ1) is 14.2. The Labute approximate surface area is 167 Å². The van der Waals surface area contributed by atoms with Crippen molar-refractivity contribution in [1.29, 1.82) is 0 Å². The highest BCUT2D eigenvalue weighted by atomic mass is 19.1. The zero-order chi connectivity index (χ0) is 21.8. The number of rotatable bonds is 8. The molecule has 0 aliphatic heterocycles. The highest BCUT2D eigenvalue weighted by Gasteiger charge is 2.16. The molecular weight excluding hydrogens is 404 g/mol. The molecule has 13 heteroatoms. The van der Waals surface area contributed by atoms with E-state index >= 15 is 0 Å². The van der Waals surface area contributed by atoms with Crippen LogP contribution >= 0.6 is 0 Å².